The molecule has 0 amide bonds. The number of pyridine rings is 1. The maximum absolute atomic E-state index is 9.57. The summed E-state index contributed by atoms with van der Waals surface area (Å²) in [6, 6.07) is 15.4. The maximum Gasteiger partial charge on any atom is 0.0706 e. The first-order valence-electron chi connectivity index (χ1n) is 11.0. The molecule has 0 saturated carbocycles. The summed E-state index contributed by atoms with van der Waals surface area (Å²) in [4.78, 5) is 13.3. The Kier molecular flexibility index (Phi) is 5.82. The molecular weight excluding hydrogens is 376 g/mol. The average Bonchev–Trinajstić information content (AvgIpc) is 3.40. The fourth-order valence-electron chi connectivity index (χ4n) is 4.68. The minimum atomic E-state index is 0.247. The van der Waals surface area contributed by atoms with Crippen molar-refractivity contribution in [1.29, 1.82) is 0 Å². The zero-order valence-electron chi connectivity index (χ0n) is 17.4. The van der Waals surface area contributed by atoms with Gasteiger partial charge in [-0.15, -0.1) is 0 Å². The summed E-state index contributed by atoms with van der Waals surface area (Å²) >= 11 is 0. The van der Waals surface area contributed by atoms with Gasteiger partial charge in [-0.2, -0.15) is 0 Å². The van der Waals surface area contributed by atoms with E-state index in [0.29, 0.717) is 6.04 Å². The third-order valence-corrected chi connectivity index (χ3v) is 6.35. The molecule has 2 saturated heterocycles. The predicted molar refractivity (Wildman–Crippen MR) is 118 cm³/mol. The second kappa shape index (κ2) is 8.86. The molecule has 3 aromatic rings. The molecule has 0 radical (unpaired) electrons. The monoisotopic (exact) mass is 406 g/mol. The fraction of sp³-hybridized carbons (Fsp3) is 0.458. The van der Waals surface area contributed by atoms with Crippen molar-refractivity contribution in [2.45, 2.75) is 32.0 Å². The highest BCUT2D eigenvalue weighted by Gasteiger charge is 2.24. The third-order valence-electron chi connectivity index (χ3n) is 6.35. The minimum absolute atomic E-state index is 0.247. The van der Waals surface area contributed by atoms with E-state index in [9.17, 15) is 5.11 Å². The molecule has 2 aliphatic rings. The molecule has 2 N–H and O–H groups in total. The molecule has 2 aromatic heterocycles. The van der Waals surface area contributed by atoms with E-state index in [0.717, 1.165) is 74.8 Å². The summed E-state index contributed by atoms with van der Waals surface area (Å²) in [6.07, 6.45) is 2.26. The van der Waals surface area contributed by atoms with Gasteiger partial charge in [-0.05, 0) is 49.7 Å². The maximum atomic E-state index is 9.57. The number of likely N-dealkylation sites (tertiary alicyclic amines) is 1. The standard InChI is InChI=1S/C24H30N4O2/c29-17-22-4-2-8-28(22)16-21-14-19-13-18(6-7-24(19)26-21)23-5-1-3-20(25-23)15-27-9-11-30-12-10-27/h1,3,5-7,13-14,22,26,29H,2,4,8-12,15-17H2/t22-/m1/s1. The number of nitrogens with zero attached hydrogens (tertiary/aromatic N) is 3. The van der Waals surface area contributed by atoms with Crippen LogP contribution in [0.4, 0.5) is 0 Å². The van der Waals surface area contributed by atoms with Crippen LogP contribution in [0, 0.1) is 0 Å². The van der Waals surface area contributed by atoms with Gasteiger partial charge >= 0.3 is 0 Å². The van der Waals surface area contributed by atoms with E-state index in [4.69, 9.17) is 9.72 Å². The van der Waals surface area contributed by atoms with E-state index in [2.05, 4.69) is 57.2 Å². The number of H-pyrrole nitrogens is 1. The van der Waals surface area contributed by atoms with Crippen LogP contribution in [0.1, 0.15) is 24.2 Å². The second-order valence-corrected chi connectivity index (χ2v) is 8.45. The van der Waals surface area contributed by atoms with Crippen LogP contribution >= 0.6 is 0 Å². The molecule has 4 heterocycles. The molecule has 2 aliphatic heterocycles. The van der Waals surface area contributed by atoms with Gasteiger partial charge in [-0.3, -0.25) is 14.8 Å². The van der Waals surface area contributed by atoms with Crippen molar-refractivity contribution in [2.24, 2.45) is 0 Å². The minimum Gasteiger partial charge on any atom is -0.395 e. The number of hydrogen-bond donors (Lipinski definition) is 2. The summed E-state index contributed by atoms with van der Waals surface area (Å²) in [5.41, 5.74) is 5.62. The fourth-order valence-corrected chi connectivity index (χ4v) is 4.68. The summed E-state index contributed by atoms with van der Waals surface area (Å²) < 4.78 is 5.45. The number of morpholine rings is 1. The number of hydrogen-bond acceptors (Lipinski definition) is 5. The van der Waals surface area contributed by atoms with Crippen molar-refractivity contribution in [3.05, 3.63) is 53.9 Å². The van der Waals surface area contributed by atoms with Crippen LogP contribution in [0.15, 0.2) is 42.5 Å². The molecule has 0 spiro atoms. The Bertz CT molecular complexity index is 996. The summed E-state index contributed by atoms with van der Waals surface area (Å²) in [7, 11) is 0. The van der Waals surface area contributed by atoms with Gasteiger partial charge in [-0.1, -0.05) is 12.1 Å². The van der Waals surface area contributed by atoms with Crippen LogP contribution in [-0.2, 0) is 17.8 Å². The number of benzene rings is 1. The van der Waals surface area contributed by atoms with Crippen molar-refractivity contribution in [3.63, 3.8) is 0 Å². The Morgan fingerprint density at radius 3 is 2.83 bits per heavy atom. The lowest BCUT2D eigenvalue weighted by atomic mass is 10.1. The Morgan fingerprint density at radius 1 is 1.07 bits per heavy atom. The van der Waals surface area contributed by atoms with Gasteiger partial charge in [0.25, 0.3) is 0 Å². The highest BCUT2D eigenvalue weighted by molar-refractivity contribution is 5.85. The van der Waals surface area contributed by atoms with Gasteiger partial charge in [-0.25, -0.2) is 0 Å². The van der Waals surface area contributed by atoms with Crippen LogP contribution in [0.2, 0.25) is 0 Å². The molecule has 1 atom stereocenters. The van der Waals surface area contributed by atoms with Crippen molar-refractivity contribution < 1.29 is 9.84 Å². The molecule has 6 nitrogen and oxygen atoms in total. The first kappa shape index (κ1) is 19.7. The van der Waals surface area contributed by atoms with Crippen molar-refractivity contribution in [2.75, 3.05) is 39.5 Å². The van der Waals surface area contributed by atoms with Gasteiger partial charge in [0.05, 0.1) is 31.2 Å². The van der Waals surface area contributed by atoms with Crippen LogP contribution in [0.5, 0.6) is 0 Å². The number of nitrogens with one attached hydrogen (secondary N) is 1. The van der Waals surface area contributed by atoms with E-state index in [1.54, 1.807) is 0 Å². The molecule has 0 aliphatic carbocycles. The molecular formula is C24H30N4O2. The highest BCUT2D eigenvalue weighted by atomic mass is 16.5. The van der Waals surface area contributed by atoms with Crippen molar-refractivity contribution in [3.8, 4) is 11.3 Å². The number of aliphatic hydroxyl groups excluding tert-OH is 1. The lowest BCUT2D eigenvalue weighted by Gasteiger charge is -2.26. The quantitative estimate of drug-likeness (QED) is 0.659. The predicted octanol–water partition coefficient (Wildman–Crippen LogP) is 3.02. The lowest BCUT2D eigenvalue weighted by Crippen LogP contribution is -2.35. The Balaban J connectivity index is 1.34. The number of aromatic nitrogens is 2. The first-order valence-corrected chi connectivity index (χ1v) is 11.0. The molecule has 6 heteroatoms. The molecule has 30 heavy (non-hydrogen) atoms. The van der Waals surface area contributed by atoms with Gasteiger partial charge in [0.15, 0.2) is 0 Å². The summed E-state index contributed by atoms with van der Waals surface area (Å²) in [5, 5.41) is 10.8. The van der Waals surface area contributed by atoms with Crippen LogP contribution in [-0.4, -0.2) is 70.4 Å². The van der Waals surface area contributed by atoms with E-state index < -0.39 is 0 Å². The van der Waals surface area contributed by atoms with E-state index >= 15 is 0 Å². The number of fused-ring (bicyclic) bond motifs is 1. The van der Waals surface area contributed by atoms with E-state index in [-0.39, 0.29) is 6.61 Å². The highest BCUT2D eigenvalue weighted by Crippen LogP contribution is 2.26. The lowest BCUT2D eigenvalue weighted by molar-refractivity contribution is 0.0336. The topological polar surface area (TPSA) is 64.6 Å². The van der Waals surface area contributed by atoms with Gasteiger partial charge < -0.3 is 14.8 Å². The van der Waals surface area contributed by atoms with E-state index in [1.165, 1.54) is 17.5 Å². The molecule has 0 unspecified atom stereocenters. The number of aliphatic hydroxyl groups is 1. The van der Waals surface area contributed by atoms with Crippen molar-refractivity contribution in [1.82, 2.24) is 19.8 Å². The average molecular weight is 407 g/mol. The molecule has 158 valence electrons. The van der Waals surface area contributed by atoms with E-state index in [1.807, 2.05) is 0 Å². The zero-order valence-corrected chi connectivity index (χ0v) is 17.4. The Hall–Kier alpha value is -2.25. The number of aromatic amines is 1. The number of ether oxygens (including phenoxy) is 1. The first-order chi connectivity index (χ1) is 14.8. The van der Waals surface area contributed by atoms with Crippen LogP contribution in [0.3, 0.4) is 0 Å². The SMILES string of the molecule is OC[C@H]1CCCN1Cc1cc2cc(-c3cccc(CN4CCOCC4)n3)ccc2[nH]1. The third kappa shape index (κ3) is 4.27. The Morgan fingerprint density at radius 2 is 1.97 bits per heavy atom. The van der Waals surface area contributed by atoms with Crippen LogP contribution < -0.4 is 0 Å². The van der Waals surface area contributed by atoms with Gasteiger partial charge in [0.1, 0.15) is 0 Å². The molecule has 0 bridgehead atoms. The molecule has 1 aromatic carbocycles. The summed E-state index contributed by atoms with van der Waals surface area (Å²) in [6.45, 7) is 6.60. The number of rotatable bonds is 6. The van der Waals surface area contributed by atoms with Gasteiger partial charge in [0.2, 0.25) is 0 Å². The second-order valence-electron chi connectivity index (χ2n) is 8.45. The largest absolute Gasteiger partial charge is 0.395 e. The molecule has 2 fully saturated rings. The Labute approximate surface area is 177 Å². The normalized spacial score (nSPS) is 20.9. The smallest absolute Gasteiger partial charge is 0.0706 e. The van der Waals surface area contributed by atoms with Crippen LogP contribution in [0.25, 0.3) is 22.2 Å². The van der Waals surface area contributed by atoms with Crippen molar-refractivity contribution >= 4 is 10.9 Å². The zero-order chi connectivity index (χ0) is 20.3. The molecule has 5 rings (SSSR count). The van der Waals surface area contributed by atoms with Gasteiger partial charge in [0, 0.05) is 54.4 Å². The summed E-state index contributed by atoms with van der Waals surface area (Å²) in [5.74, 6) is 0.